The SMILES string of the molecule is c1[nH]nc2nc3c(cc12)COC3. The van der Waals surface area contributed by atoms with Gasteiger partial charge in [-0.1, -0.05) is 0 Å². The molecule has 2 aromatic rings. The number of fused-ring (bicyclic) bond motifs is 2. The summed E-state index contributed by atoms with van der Waals surface area (Å²) in [4.78, 5) is 4.35. The molecule has 0 radical (unpaired) electrons. The van der Waals surface area contributed by atoms with E-state index in [0.29, 0.717) is 13.2 Å². The molecule has 12 heavy (non-hydrogen) atoms. The summed E-state index contributed by atoms with van der Waals surface area (Å²) < 4.78 is 5.26. The largest absolute Gasteiger partial charge is 0.370 e. The molecule has 0 aliphatic carbocycles. The first-order chi connectivity index (χ1) is 5.93. The second-order valence-corrected chi connectivity index (χ2v) is 2.89. The Balaban J connectivity index is 2.38. The van der Waals surface area contributed by atoms with Crippen molar-refractivity contribution in [3.8, 4) is 0 Å². The van der Waals surface area contributed by atoms with Gasteiger partial charge in [-0.25, -0.2) is 4.98 Å². The van der Waals surface area contributed by atoms with Crippen molar-refractivity contribution in [2.24, 2.45) is 0 Å². The van der Waals surface area contributed by atoms with E-state index >= 15 is 0 Å². The van der Waals surface area contributed by atoms with Crippen molar-refractivity contribution in [2.75, 3.05) is 0 Å². The number of nitrogens with one attached hydrogen (secondary N) is 1. The molecule has 0 bridgehead atoms. The normalized spacial score (nSPS) is 15.3. The lowest BCUT2D eigenvalue weighted by atomic mass is 10.2. The number of rotatable bonds is 0. The molecule has 0 fully saturated rings. The number of nitrogens with zero attached hydrogens (tertiary/aromatic N) is 2. The Kier molecular flexibility index (Phi) is 1.04. The molecule has 3 rings (SSSR count). The summed E-state index contributed by atoms with van der Waals surface area (Å²) in [5, 5.41) is 7.85. The van der Waals surface area contributed by atoms with E-state index in [9.17, 15) is 0 Å². The van der Waals surface area contributed by atoms with Crippen molar-refractivity contribution in [2.45, 2.75) is 13.2 Å². The van der Waals surface area contributed by atoms with Gasteiger partial charge in [0.15, 0.2) is 5.65 Å². The Morgan fingerprint density at radius 1 is 1.42 bits per heavy atom. The van der Waals surface area contributed by atoms with Crippen LogP contribution < -0.4 is 0 Å². The smallest absolute Gasteiger partial charge is 0.181 e. The molecule has 0 aromatic carbocycles. The lowest BCUT2D eigenvalue weighted by Gasteiger charge is -1.93. The summed E-state index contributed by atoms with van der Waals surface area (Å²) >= 11 is 0. The van der Waals surface area contributed by atoms with Crippen LogP contribution in [0.3, 0.4) is 0 Å². The van der Waals surface area contributed by atoms with Crippen molar-refractivity contribution < 1.29 is 4.74 Å². The van der Waals surface area contributed by atoms with Crippen LogP contribution >= 0.6 is 0 Å². The molecule has 4 nitrogen and oxygen atoms in total. The molecule has 0 spiro atoms. The molecule has 0 saturated heterocycles. The van der Waals surface area contributed by atoms with Crippen LogP contribution in [0.4, 0.5) is 0 Å². The van der Waals surface area contributed by atoms with Crippen LogP contribution in [0.1, 0.15) is 11.3 Å². The molecule has 3 heterocycles. The zero-order valence-corrected chi connectivity index (χ0v) is 6.37. The van der Waals surface area contributed by atoms with Gasteiger partial charge in [0, 0.05) is 17.1 Å². The highest BCUT2D eigenvalue weighted by atomic mass is 16.5. The van der Waals surface area contributed by atoms with Crippen molar-refractivity contribution >= 4 is 11.0 Å². The summed E-state index contributed by atoms with van der Waals surface area (Å²) in [5.41, 5.74) is 2.98. The second-order valence-electron chi connectivity index (χ2n) is 2.89. The molecule has 1 N–H and O–H groups in total. The third-order valence-electron chi connectivity index (χ3n) is 2.09. The number of aromatic amines is 1. The van der Waals surface area contributed by atoms with Gasteiger partial charge in [-0.05, 0) is 6.07 Å². The number of hydrogen-bond donors (Lipinski definition) is 1. The third kappa shape index (κ3) is 0.698. The molecule has 2 aromatic heterocycles. The number of H-pyrrole nitrogens is 1. The summed E-state index contributed by atoms with van der Waals surface area (Å²) in [6.07, 6.45) is 1.85. The summed E-state index contributed by atoms with van der Waals surface area (Å²) in [5.74, 6) is 0. The van der Waals surface area contributed by atoms with E-state index in [1.54, 1.807) is 0 Å². The molecule has 0 amide bonds. The first-order valence-corrected chi connectivity index (χ1v) is 3.83. The van der Waals surface area contributed by atoms with Crippen LogP contribution in [0.25, 0.3) is 11.0 Å². The highest BCUT2D eigenvalue weighted by Gasteiger charge is 2.13. The van der Waals surface area contributed by atoms with Crippen molar-refractivity contribution in [1.82, 2.24) is 15.2 Å². The number of hydrogen-bond acceptors (Lipinski definition) is 3. The van der Waals surface area contributed by atoms with Gasteiger partial charge in [-0.2, -0.15) is 5.10 Å². The molecular formula is C8H7N3O. The maximum absolute atomic E-state index is 5.26. The minimum Gasteiger partial charge on any atom is -0.370 e. The molecular weight excluding hydrogens is 154 g/mol. The van der Waals surface area contributed by atoms with Crippen LogP contribution in [-0.2, 0) is 18.0 Å². The minimum absolute atomic E-state index is 0.623. The highest BCUT2D eigenvalue weighted by Crippen LogP contribution is 2.21. The average Bonchev–Trinajstić information content (AvgIpc) is 2.64. The zero-order valence-electron chi connectivity index (χ0n) is 6.37. The van der Waals surface area contributed by atoms with E-state index in [1.165, 1.54) is 5.56 Å². The molecule has 4 heteroatoms. The highest BCUT2D eigenvalue weighted by molar-refractivity contribution is 5.74. The van der Waals surface area contributed by atoms with Gasteiger partial charge in [-0.15, -0.1) is 0 Å². The zero-order chi connectivity index (χ0) is 7.97. The van der Waals surface area contributed by atoms with E-state index in [-0.39, 0.29) is 0 Å². The van der Waals surface area contributed by atoms with Gasteiger partial charge in [0.1, 0.15) is 0 Å². The van der Waals surface area contributed by atoms with Gasteiger partial charge in [-0.3, -0.25) is 5.10 Å². The first-order valence-electron chi connectivity index (χ1n) is 3.83. The monoisotopic (exact) mass is 161 g/mol. The maximum atomic E-state index is 5.26. The number of aromatic nitrogens is 3. The summed E-state index contributed by atoms with van der Waals surface area (Å²) in [6.45, 7) is 1.31. The van der Waals surface area contributed by atoms with Gasteiger partial charge in [0.25, 0.3) is 0 Å². The summed E-state index contributed by atoms with van der Waals surface area (Å²) in [7, 11) is 0. The average molecular weight is 161 g/mol. The Morgan fingerprint density at radius 3 is 3.42 bits per heavy atom. The van der Waals surface area contributed by atoms with Gasteiger partial charge in [0.05, 0.1) is 18.9 Å². The van der Waals surface area contributed by atoms with E-state index < -0.39 is 0 Å². The van der Waals surface area contributed by atoms with E-state index in [0.717, 1.165) is 16.7 Å². The summed E-state index contributed by atoms with van der Waals surface area (Å²) in [6, 6.07) is 2.08. The Morgan fingerprint density at radius 2 is 2.42 bits per heavy atom. The van der Waals surface area contributed by atoms with Crippen molar-refractivity contribution in [1.29, 1.82) is 0 Å². The Labute approximate surface area is 68.6 Å². The van der Waals surface area contributed by atoms with Crippen LogP contribution in [0.2, 0.25) is 0 Å². The van der Waals surface area contributed by atoms with Crippen LogP contribution in [0.15, 0.2) is 12.3 Å². The van der Waals surface area contributed by atoms with Gasteiger partial charge < -0.3 is 4.74 Å². The third-order valence-corrected chi connectivity index (χ3v) is 2.09. The molecule has 1 aliphatic rings. The lowest BCUT2D eigenvalue weighted by molar-refractivity contribution is 0.133. The molecule has 1 aliphatic heterocycles. The first kappa shape index (κ1) is 6.14. The quantitative estimate of drug-likeness (QED) is 0.626. The maximum Gasteiger partial charge on any atom is 0.181 e. The standard InChI is InChI=1S/C8H7N3O/c1-5-2-9-11-8(5)10-7-4-12-3-6(1)7/h1-2H,3-4H2,(H,9,10,11). The van der Waals surface area contributed by atoms with Crippen LogP contribution in [-0.4, -0.2) is 15.2 Å². The second kappa shape index (κ2) is 2.04. The molecule has 0 unspecified atom stereocenters. The van der Waals surface area contributed by atoms with Gasteiger partial charge in [0.2, 0.25) is 0 Å². The van der Waals surface area contributed by atoms with E-state index in [4.69, 9.17) is 4.74 Å². The van der Waals surface area contributed by atoms with Crippen molar-refractivity contribution in [3.05, 3.63) is 23.5 Å². The fraction of sp³-hybridized carbons (Fsp3) is 0.250. The van der Waals surface area contributed by atoms with Crippen LogP contribution in [0.5, 0.6) is 0 Å². The predicted molar refractivity (Wildman–Crippen MR) is 42.4 cm³/mol. The fourth-order valence-corrected chi connectivity index (χ4v) is 1.47. The number of ether oxygens (including phenoxy) is 1. The van der Waals surface area contributed by atoms with Crippen LogP contribution in [0, 0.1) is 0 Å². The van der Waals surface area contributed by atoms with E-state index in [2.05, 4.69) is 21.2 Å². The molecule has 0 saturated carbocycles. The van der Waals surface area contributed by atoms with Crippen molar-refractivity contribution in [3.63, 3.8) is 0 Å². The fourth-order valence-electron chi connectivity index (χ4n) is 1.47. The number of pyridine rings is 1. The Bertz CT molecular complexity index is 397. The predicted octanol–water partition coefficient (Wildman–Crippen LogP) is 0.988. The van der Waals surface area contributed by atoms with Gasteiger partial charge >= 0.3 is 0 Å². The minimum atomic E-state index is 0.623. The topological polar surface area (TPSA) is 50.8 Å². The lowest BCUT2D eigenvalue weighted by Crippen LogP contribution is -1.87. The molecule has 0 atom stereocenters. The Hall–Kier alpha value is -1.42. The molecule has 60 valence electrons. The van der Waals surface area contributed by atoms with E-state index in [1.807, 2.05) is 6.20 Å².